The third kappa shape index (κ3) is 2.84. The molecule has 0 bridgehead atoms. The van der Waals surface area contributed by atoms with Crippen molar-refractivity contribution in [3.8, 4) is 0 Å². The molecule has 0 N–H and O–H groups in total. The summed E-state index contributed by atoms with van der Waals surface area (Å²) in [5.74, 6) is -0.133. The van der Waals surface area contributed by atoms with E-state index in [-0.39, 0.29) is 5.97 Å². The molecule has 1 aliphatic rings. The van der Waals surface area contributed by atoms with Gasteiger partial charge in [-0.15, -0.1) is 11.3 Å². The van der Waals surface area contributed by atoms with Crippen molar-refractivity contribution in [3.63, 3.8) is 0 Å². The fourth-order valence-corrected chi connectivity index (χ4v) is 3.02. The van der Waals surface area contributed by atoms with Crippen LogP contribution in [0.25, 0.3) is 0 Å². The van der Waals surface area contributed by atoms with E-state index in [0.717, 1.165) is 17.7 Å². The zero-order valence-corrected chi connectivity index (χ0v) is 12.9. The van der Waals surface area contributed by atoms with Crippen LogP contribution in [0.2, 0.25) is 0 Å². The lowest BCUT2D eigenvalue weighted by Gasteiger charge is -2.31. The highest BCUT2D eigenvalue weighted by Gasteiger charge is 2.44. The lowest BCUT2D eigenvalue weighted by molar-refractivity contribution is -0.171. The fourth-order valence-electron chi connectivity index (χ4n) is 2.01. The Balaban J connectivity index is 2.24. The van der Waals surface area contributed by atoms with E-state index in [2.05, 4.69) is 19.1 Å². The molecular formula is C15H22O3S. The first kappa shape index (κ1) is 14.5. The molecule has 1 saturated heterocycles. The summed E-state index contributed by atoms with van der Waals surface area (Å²) in [5.41, 5.74) is -1.01. The Morgan fingerprint density at radius 2 is 2.26 bits per heavy atom. The van der Waals surface area contributed by atoms with Gasteiger partial charge < -0.3 is 9.47 Å². The van der Waals surface area contributed by atoms with Crippen molar-refractivity contribution >= 4 is 17.3 Å². The smallest absolute Gasteiger partial charge is 0.312 e. The fraction of sp³-hybridized carbons (Fsp3) is 0.667. The van der Waals surface area contributed by atoms with E-state index in [1.807, 2.05) is 20.8 Å². The molecule has 0 radical (unpaired) electrons. The van der Waals surface area contributed by atoms with Gasteiger partial charge in [0.1, 0.15) is 0 Å². The summed E-state index contributed by atoms with van der Waals surface area (Å²) in [4.78, 5) is 14.7. The molecule has 2 heterocycles. The minimum atomic E-state index is -0.567. The summed E-state index contributed by atoms with van der Waals surface area (Å²) < 4.78 is 11.4. The standard InChI is InChI=1S/C15H22O3S/c1-5-14(3,4)13(16)18-15(8-9-17-10-15)12-7-6-11(2)19-12/h6-7H,5,8-10H2,1-4H3. The molecule has 1 atom stereocenters. The minimum absolute atomic E-state index is 0.133. The molecule has 3 nitrogen and oxygen atoms in total. The third-order valence-electron chi connectivity index (χ3n) is 3.90. The number of hydrogen-bond donors (Lipinski definition) is 0. The first-order valence-electron chi connectivity index (χ1n) is 6.78. The second-order valence-electron chi connectivity index (χ2n) is 5.83. The summed E-state index contributed by atoms with van der Waals surface area (Å²) in [6.45, 7) is 9.05. The zero-order chi connectivity index (χ0) is 14.1. The monoisotopic (exact) mass is 282 g/mol. The molecule has 1 unspecified atom stereocenters. The van der Waals surface area contributed by atoms with Gasteiger partial charge in [-0.05, 0) is 39.3 Å². The lowest BCUT2D eigenvalue weighted by atomic mass is 9.90. The van der Waals surface area contributed by atoms with Gasteiger partial charge in [0.15, 0.2) is 5.60 Å². The molecule has 2 rings (SSSR count). The van der Waals surface area contributed by atoms with Crippen molar-refractivity contribution in [3.05, 3.63) is 21.9 Å². The van der Waals surface area contributed by atoms with Crippen molar-refractivity contribution in [2.24, 2.45) is 5.41 Å². The van der Waals surface area contributed by atoms with Crippen molar-refractivity contribution in [2.45, 2.75) is 46.1 Å². The minimum Gasteiger partial charge on any atom is -0.450 e. The van der Waals surface area contributed by atoms with Gasteiger partial charge in [0.25, 0.3) is 0 Å². The maximum absolute atomic E-state index is 12.4. The van der Waals surface area contributed by atoms with Crippen molar-refractivity contribution < 1.29 is 14.3 Å². The van der Waals surface area contributed by atoms with Crippen molar-refractivity contribution in [1.82, 2.24) is 0 Å². The van der Waals surface area contributed by atoms with Crippen LogP contribution in [-0.4, -0.2) is 19.2 Å². The number of carbonyl (C=O) groups is 1. The topological polar surface area (TPSA) is 35.5 Å². The second kappa shape index (κ2) is 5.25. The molecule has 0 aromatic carbocycles. The van der Waals surface area contributed by atoms with Gasteiger partial charge in [-0.25, -0.2) is 0 Å². The second-order valence-corrected chi connectivity index (χ2v) is 7.12. The molecule has 0 amide bonds. The number of aryl methyl sites for hydroxylation is 1. The quantitative estimate of drug-likeness (QED) is 0.791. The van der Waals surface area contributed by atoms with E-state index in [9.17, 15) is 4.79 Å². The third-order valence-corrected chi connectivity index (χ3v) is 5.09. The predicted molar refractivity (Wildman–Crippen MR) is 76.3 cm³/mol. The molecule has 1 aromatic heterocycles. The highest BCUT2D eigenvalue weighted by molar-refractivity contribution is 7.12. The van der Waals surface area contributed by atoms with Crippen LogP contribution in [0, 0.1) is 12.3 Å². The van der Waals surface area contributed by atoms with E-state index in [4.69, 9.17) is 9.47 Å². The van der Waals surface area contributed by atoms with Crippen LogP contribution in [-0.2, 0) is 19.9 Å². The van der Waals surface area contributed by atoms with Gasteiger partial charge >= 0.3 is 5.97 Å². The van der Waals surface area contributed by atoms with Crippen LogP contribution < -0.4 is 0 Å². The molecule has 106 valence electrons. The van der Waals surface area contributed by atoms with Crippen molar-refractivity contribution in [2.75, 3.05) is 13.2 Å². The maximum atomic E-state index is 12.4. The van der Waals surface area contributed by atoms with Crippen LogP contribution in [0.5, 0.6) is 0 Å². The van der Waals surface area contributed by atoms with E-state index in [1.54, 1.807) is 11.3 Å². The van der Waals surface area contributed by atoms with E-state index < -0.39 is 11.0 Å². The SMILES string of the molecule is CCC(C)(C)C(=O)OC1(c2ccc(C)s2)CCOC1. The summed E-state index contributed by atoms with van der Waals surface area (Å²) in [5, 5.41) is 0. The van der Waals surface area contributed by atoms with Crippen LogP contribution in [0.4, 0.5) is 0 Å². The van der Waals surface area contributed by atoms with Gasteiger partial charge in [0.05, 0.1) is 23.5 Å². The Labute approximate surface area is 118 Å². The number of hydrogen-bond acceptors (Lipinski definition) is 4. The van der Waals surface area contributed by atoms with Crippen LogP contribution >= 0.6 is 11.3 Å². The Hall–Kier alpha value is -0.870. The first-order valence-corrected chi connectivity index (χ1v) is 7.59. The zero-order valence-electron chi connectivity index (χ0n) is 12.1. The highest BCUT2D eigenvalue weighted by atomic mass is 32.1. The maximum Gasteiger partial charge on any atom is 0.312 e. The molecule has 1 aliphatic heterocycles. The first-order chi connectivity index (χ1) is 8.89. The summed E-state index contributed by atoms with van der Waals surface area (Å²) >= 11 is 1.69. The molecule has 0 saturated carbocycles. The number of ether oxygens (including phenoxy) is 2. The van der Waals surface area contributed by atoms with Gasteiger partial charge in [-0.2, -0.15) is 0 Å². The van der Waals surface area contributed by atoms with Crippen molar-refractivity contribution in [1.29, 1.82) is 0 Å². The van der Waals surface area contributed by atoms with Gasteiger partial charge in [-0.1, -0.05) is 6.92 Å². The van der Waals surface area contributed by atoms with Crippen LogP contribution in [0.3, 0.4) is 0 Å². The number of thiophene rings is 1. The number of rotatable bonds is 4. The number of carbonyl (C=O) groups excluding carboxylic acids is 1. The van der Waals surface area contributed by atoms with E-state index in [1.165, 1.54) is 4.88 Å². The Kier molecular flexibility index (Phi) is 4.02. The van der Waals surface area contributed by atoms with Gasteiger partial charge in [0.2, 0.25) is 0 Å². The molecule has 1 fully saturated rings. The van der Waals surface area contributed by atoms with Crippen LogP contribution in [0.1, 0.15) is 43.4 Å². The molecule has 4 heteroatoms. The van der Waals surface area contributed by atoms with E-state index in [0.29, 0.717) is 13.2 Å². The van der Waals surface area contributed by atoms with Gasteiger partial charge in [0, 0.05) is 11.3 Å². The average Bonchev–Trinajstić information content (AvgIpc) is 2.99. The largest absolute Gasteiger partial charge is 0.450 e. The summed E-state index contributed by atoms with van der Waals surface area (Å²) in [6.07, 6.45) is 1.52. The molecule has 0 aliphatic carbocycles. The summed E-state index contributed by atoms with van der Waals surface area (Å²) in [6, 6.07) is 4.12. The Morgan fingerprint density at radius 1 is 1.53 bits per heavy atom. The molecule has 1 aromatic rings. The highest BCUT2D eigenvalue weighted by Crippen LogP contribution is 2.40. The Bertz CT molecular complexity index is 456. The van der Waals surface area contributed by atoms with Crippen LogP contribution in [0.15, 0.2) is 12.1 Å². The molecular weight excluding hydrogens is 260 g/mol. The summed E-state index contributed by atoms with van der Waals surface area (Å²) in [7, 11) is 0. The Morgan fingerprint density at radius 3 is 2.74 bits per heavy atom. The normalized spacial score (nSPS) is 23.6. The molecule has 19 heavy (non-hydrogen) atoms. The number of esters is 1. The van der Waals surface area contributed by atoms with Gasteiger partial charge in [-0.3, -0.25) is 4.79 Å². The molecule has 0 spiro atoms. The lowest BCUT2D eigenvalue weighted by Crippen LogP contribution is -2.37. The average molecular weight is 282 g/mol. The predicted octanol–water partition coefficient (Wildman–Crippen LogP) is 3.65. The van der Waals surface area contributed by atoms with E-state index >= 15 is 0 Å².